The third-order valence-electron chi connectivity index (χ3n) is 6.96. The lowest BCUT2D eigenvalue weighted by atomic mass is 10.0. The van der Waals surface area contributed by atoms with Crippen molar-refractivity contribution in [1.82, 2.24) is 29.8 Å². The summed E-state index contributed by atoms with van der Waals surface area (Å²) >= 11 is 0. The second-order valence-corrected chi connectivity index (χ2v) is 9.62. The van der Waals surface area contributed by atoms with E-state index < -0.39 is 0 Å². The number of benzene rings is 1. The molecule has 1 amide bonds. The molecule has 0 saturated carbocycles. The van der Waals surface area contributed by atoms with Crippen LogP contribution in [0.2, 0.25) is 0 Å². The second-order valence-electron chi connectivity index (χ2n) is 9.62. The monoisotopic (exact) mass is 524 g/mol. The molecule has 5 heterocycles. The molecule has 39 heavy (non-hydrogen) atoms. The molecule has 0 aliphatic carbocycles. The predicted octanol–water partition coefficient (Wildman–Crippen LogP) is 2.79. The van der Waals surface area contributed by atoms with Gasteiger partial charge in [-0.05, 0) is 49.7 Å². The lowest BCUT2D eigenvalue weighted by Gasteiger charge is -2.37. The number of carbonyl (C=O) groups is 1. The van der Waals surface area contributed by atoms with Gasteiger partial charge in [-0.25, -0.2) is 15.0 Å². The lowest BCUT2D eigenvalue weighted by Crippen LogP contribution is -2.45. The van der Waals surface area contributed by atoms with Crippen LogP contribution < -0.4 is 15.8 Å². The third-order valence-corrected chi connectivity index (χ3v) is 6.96. The van der Waals surface area contributed by atoms with E-state index in [0.29, 0.717) is 50.1 Å². The number of amides is 1. The summed E-state index contributed by atoms with van der Waals surface area (Å²) in [5, 5.41) is 3.10. The van der Waals surface area contributed by atoms with Crippen LogP contribution in [0.1, 0.15) is 28.5 Å². The van der Waals surface area contributed by atoms with Gasteiger partial charge in [0.1, 0.15) is 5.82 Å². The first-order chi connectivity index (χ1) is 19.0. The third kappa shape index (κ3) is 5.21. The average molecular weight is 525 g/mol. The molecule has 2 aliphatic rings. The highest BCUT2D eigenvalue weighted by molar-refractivity contribution is 5.94. The highest BCUT2D eigenvalue weighted by Gasteiger charge is 2.30. The fourth-order valence-electron chi connectivity index (χ4n) is 4.94. The van der Waals surface area contributed by atoms with Gasteiger partial charge in [-0.2, -0.15) is 0 Å². The standard InChI is InChI=1S/C28H28N8O3/c1-18-17-39-14-13-36(18)26-22-9-12-35(27(38)20-3-2-10-29-15-20)16-23(22)32-25(34-26)19-4-6-21(7-5-19)31-28-30-11-8-24(37)33-28/h2-8,10-11,15,18H,9,12-14,16-17H2,1H3,(H2,30,31,33,37)/t18-/m0/s1. The number of fused-ring (bicyclic) bond motifs is 1. The van der Waals surface area contributed by atoms with Crippen LogP contribution in [0.15, 0.2) is 65.8 Å². The van der Waals surface area contributed by atoms with E-state index in [9.17, 15) is 9.59 Å². The van der Waals surface area contributed by atoms with Gasteiger partial charge in [0.15, 0.2) is 5.82 Å². The van der Waals surface area contributed by atoms with Gasteiger partial charge in [0.05, 0.1) is 37.1 Å². The zero-order valence-electron chi connectivity index (χ0n) is 21.5. The van der Waals surface area contributed by atoms with Crippen LogP contribution in [-0.2, 0) is 17.7 Å². The average Bonchev–Trinajstić information content (AvgIpc) is 2.97. The highest BCUT2D eigenvalue weighted by Crippen LogP contribution is 2.32. The fraction of sp³-hybridized carbons (Fsp3) is 0.286. The first-order valence-electron chi connectivity index (χ1n) is 12.9. The molecule has 2 aliphatic heterocycles. The molecule has 11 nitrogen and oxygen atoms in total. The Bertz CT molecular complexity index is 1540. The van der Waals surface area contributed by atoms with Gasteiger partial charge in [0, 0.05) is 54.6 Å². The first kappa shape index (κ1) is 24.7. The molecule has 0 unspecified atom stereocenters. The second kappa shape index (κ2) is 10.6. The Morgan fingerprint density at radius 1 is 1.10 bits per heavy atom. The van der Waals surface area contributed by atoms with Gasteiger partial charge < -0.3 is 19.9 Å². The van der Waals surface area contributed by atoms with E-state index in [-0.39, 0.29) is 17.5 Å². The largest absolute Gasteiger partial charge is 0.377 e. The predicted molar refractivity (Wildman–Crippen MR) is 146 cm³/mol. The van der Waals surface area contributed by atoms with E-state index in [1.54, 1.807) is 24.5 Å². The lowest BCUT2D eigenvalue weighted by molar-refractivity contribution is 0.0731. The number of morpholine rings is 1. The van der Waals surface area contributed by atoms with E-state index in [2.05, 4.69) is 32.1 Å². The molecule has 198 valence electrons. The van der Waals surface area contributed by atoms with Crippen LogP contribution in [0.5, 0.6) is 0 Å². The van der Waals surface area contributed by atoms with Gasteiger partial charge >= 0.3 is 0 Å². The molecule has 3 aromatic heterocycles. The van der Waals surface area contributed by atoms with Crippen LogP contribution >= 0.6 is 0 Å². The summed E-state index contributed by atoms with van der Waals surface area (Å²) < 4.78 is 5.68. The molecule has 0 radical (unpaired) electrons. The van der Waals surface area contributed by atoms with Crippen LogP contribution in [0.25, 0.3) is 11.4 Å². The number of nitrogens with zero attached hydrogens (tertiary/aromatic N) is 6. The zero-order chi connectivity index (χ0) is 26.8. The molecule has 1 saturated heterocycles. The number of pyridine rings is 1. The van der Waals surface area contributed by atoms with Gasteiger partial charge in [-0.1, -0.05) is 0 Å². The summed E-state index contributed by atoms with van der Waals surface area (Å²) in [4.78, 5) is 49.8. The molecular formula is C28H28N8O3. The quantitative estimate of drug-likeness (QED) is 0.405. The van der Waals surface area contributed by atoms with Crippen LogP contribution in [0, 0.1) is 0 Å². The topological polar surface area (TPSA) is 129 Å². The van der Waals surface area contributed by atoms with E-state index in [1.807, 2.05) is 29.2 Å². The normalized spacial score (nSPS) is 17.0. The Labute approximate surface area is 224 Å². The molecule has 1 atom stereocenters. The van der Waals surface area contributed by atoms with Crippen molar-refractivity contribution in [3.8, 4) is 11.4 Å². The van der Waals surface area contributed by atoms with Crippen molar-refractivity contribution in [3.63, 3.8) is 0 Å². The maximum Gasteiger partial charge on any atom is 0.255 e. The van der Waals surface area contributed by atoms with E-state index in [0.717, 1.165) is 34.9 Å². The molecule has 1 aromatic carbocycles. The summed E-state index contributed by atoms with van der Waals surface area (Å²) in [6.45, 7) is 5.14. The van der Waals surface area contributed by atoms with Crippen molar-refractivity contribution in [3.05, 3.63) is 88.2 Å². The highest BCUT2D eigenvalue weighted by atomic mass is 16.5. The Balaban J connectivity index is 1.33. The first-order valence-corrected chi connectivity index (χ1v) is 12.9. The Kier molecular flexibility index (Phi) is 6.72. The minimum atomic E-state index is -0.229. The van der Waals surface area contributed by atoms with Crippen molar-refractivity contribution >= 4 is 23.4 Å². The number of hydrogen-bond donors (Lipinski definition) is 2. The van der Waals surface area contributed by atoms with E-state index >= 15 is 0 Å². The number of rotatable bonds is 5. The SMILES string of the molecule is C[C@H]1COCCN1c1nc(-c2ccc(Nc3nccc(=O)[nH]3)cc2)nc2c1CCN(C(=O)c1cccnc1)C2. The Hall–Kier alpha value is -4.64. The fourth-order valence-corrected chi connectivity index (χ4v) is 4.94. The Morgan fingerprint density at radius 2 is 1.97 bits per heavy atom. The summed E-state index contributed by atoms with van der Waals surface area (Å²) in [7, 11) is 0. The maximum absolute atomic E-state index is 13.2. The summed E-state index contributed by atoms with van der Waals surface area (Å²) in [6.07, 6.45) is 5.38. The molecule has 1 fully saturated rings. The minimum absolute atomic E-state index is 0.0572. The number of ether oxygens (including phenoxy) is 1. The van der Waals surface area contributed by atoms with Crippen molar-refractivity contribution in [1.29, 1.82) is 0 Å². The number of carbonyl (C=O) groups excluding carboxylic acids is 1. The van der Waals surface area contributed by atoms with Crippen molar-refractivity contribution in [2.24, 2.45) is 0 Å². The molecule has 0 bridgehead atoms. The van der Waals surface area contributed by atoms with E-state index in [1.165, 1.54) is 12.3 Å². The molecule has 4 aromatic rings. The van der Waals surface area contributed by atoms with Crippen LogP contribution in [0.3, 0.4) is 0 Å². The molecule has 2 N–H and O–H groups in total. The van der Waals surface area contributed by atoms with Crippen LogP contribution in [-0.4, -0.2) is 68.1 Å². The molecule has 0 spiro atoms. The van der Waals surface area contributed by atoms with Crippen molar-refractivity contribution in [2.75, 3.05) is 36.5 Å². The molecule has 11 heteroatoms. The minimum Gasteiger partial charge on any atom is -0.377 e. The number of anilines is 3. The number of nitrogens with one attached hydrogen (secondary N) is 2. The Morgan fingerprint density at radius 3 is 2.74 bits per heavy atom. The van der Waals surface area contributed by atoms with Gasteiger partial charge in [0.2, 0.25) is 5.95 Å². The van der Waals surface area contributed by atoms with E-state index in [4.69, 9.17) is 14.7 Å². The summed E-state index contributed by atoms with van der Waals surface area (Å²) in [5.74, 6) is 1.81. The maximum atomic E-state index is 13.2. The summed E-state index contributed by atoms with van der Waals surface area (Å²) in [5.41, 5.74) is 3.88. The van der Waals surface area contributed by atoms with Crippen molar-refractivity contribution < 1.29 is 9.53 Å². The molecular weight excluding hydrogens is 496 g/mol. The molecule has 6 rings (SSSR count). The van der Waals surface area contributed by atoms with Crippen LogP contribution in [0.4, 0.5) is 17.5 Å². The number of aromatic amines is 1. The zero-order valence-corrected chi connectivity index (χ0v) is 21.5. The smallest absolute Gasteiger partial charge is 0.255 e. The van der Waals surface area contributed by atoms with Gasteiger partial charge in [-0.15, -0.1) is 0 Å². The summed E-state index contributed by atoms with van der Waals surface area (Å²) in [6, 6.07) is 12.7. The van der Waals surface area contributed by atoms with Gasteiger partial charge in [0.25, 0.3) is 11.5 Å². The van der Waals surface area contributed by atoms with Gasteiger partial charge in [-0.3, -0.25) is 19.6 Å². The number of aromatic nitrogens is 5. The number of H-pyrrole nitrogens is 1. The van der Waals surface area contributed by atoms with Crippen molar-refractivity contribution in [2.45, 2.75) is 25.9 Å². The number of hydrogen-bond acceptors (Lipinski definition) is 9.